The van der Waals surface area contributed by atoms with Crippen molar-refractivity contribution in [3.63, 3.8) is 0 Å². The van der Waals surface area contributed by atoms with E-state index in [0.717, 1.165) is 5.56 Å². The SMILES string of the molecule is Cc1cccc(C(=O)Nc2ccccc2C(=O)OCC(=O)N2CCOCC2)c1. The third-order valence-electron chi connectivity index (χ3n) is 4.37. The van der Waals surface area contributed by atoms with Crippen LogP contribution in [0.15, 0.2) is 48.5 Å². The molecule has 0 bridgehead atoms. The highest BCUT2D eigenvalue weighted by molar-refractivity contribution is 6.08. The second-order valence-corrected chi connectivity index (χ2v) is 6.44. The average molecular weight is 382 g/mol. The summed E-state index contributed by atoms with van der Waals surface area (Å²) in [6.45, 7) is 3.48. The highest BCUT2D eigenvalue weighted by Crippen LogP contribution is 2.18. The van der Waals surface area contributed by atoms with Gasteiger partial charge in [0.25, 0.3) is 11.8 Å². The zero-order valence-corrected chi connectivity index (χ0v) is 15.6. The normalized spacial score (nSPS) is 13.7. The van der Waals surface area contributed by atoms with Gasteiger partial charge in [-0.3, -0.25) is 9.59 Å². The van der Waals surface area contributed by atoms with Gasteiger partial charge in [0, 0.05) is 18.7 Å². The molecule has 1 heterocycles. The number of ether oxygens (including phenoxy) is 2. The summed E-state index contributed by atoms with van der Waals surface area (Å²) in [6, 6.07) is 13.7. The molecule has 1 aliphatic heterocycles. The first kappa shape index (κ1) is 19.6. The number of para-hydroxylation sites is 1. The molecule has 0 unspecified atom stereocenters. The average Bonchev–Trinajstić information content (AvgIpc) is 2.72. The molecule has 0 saturated carbocycles. The van der Waals surface area contributed by atoms with Crippen molar-refractivity contribution in [2.75, 3.05) is 38.2 Å². The predicted octanol–water partition coefficient (Wildman–Crippen LogP) is 2.26. The number of anilines is 1. The molecule has 7 heteroatoms. The van der Waals surface area contributed by atoms with Crippen LogP contribution in [0.25, 0.3) is 0 Å². The Hall–Kier alpha value is -3.19. The predicted molar refractivity (Wildman–Crippen MR) is 103 cm³/mol. The second kappa shape index (κ2) is 9.14. The maximum atomic E-state index is 12.5. The Morgan fingerprint density at radius 1 is 1.07 bits per heavy atom. The van der Waals surface area contributed by atoms with E-state index in [1.807, 2.05) is 13.0 Å². The maximum absolute atomic E-state index is 12.5. The summed E-state index contributed by atoms with van der Waals surface area (Å²) in [4.78, 5) is 38.7. The number of aryl methyl sites for hydroxylation is 1. The fourth-order valence-electron chi connectivity index (χ4n) is 2.86. The van der Waals surface area contributed by atoms with Crippen LogP contribution in [-0.4, -0.2) is 55.6 Å². The number of nitrogens with one attached hydrogen (secondary N) is 1. The summed E-state index contributed by atoms with van der Waals surface area (Å²) in [6.07, 6.45) is 0. The molecule has 146 valence electrons. The molecule has 1 saturated heterocycles. The van der Waals surface area contributed by atoms with Gasteiger partial charge >= 0.3 is 5.97 Å². The van der Waals surface area contributed by atoms with Crippen LogP contribution in [0, 0.1) is 6.92 Å². The molecule has 7 nitrogen and oxygen atoms in total. The van der Waals surface area contributed by atoms with Gasteiger partial charge in [-0.1, -0.05) is 29.8 Å². The first-order chi connectivity index (χ1) is 13.5. The Labute approximate surface area is 163 Å². The molecule has 2 aromatic rings. The highest BCUT2D eigenvalue weighted by Gasteiger charge is 2.20. The minimum Gasteiger partial charge on any atom is -0.452 e. The Bertz CT molecular complexity index is 875. The quantitative estimate of drug-likeness (QED) is 0.802. The number of carbonyl (C=O) groups excluding carboxylic acids is 3. The van der Waals surface area contributed by atoms with Crippen LogP contribution in [-0.2, 0) is 14.3 Å². The maximum Gasteiger partial charge on any atom is 0.340 e. The van der Waals surface area contributed by atoms with E-state index >= 15 is 0 Å². The fraction of sp³-hybridized carbons (Fsp3) is 0.286. The molecule has 0 radical (unpaired) electrons. The van der Waals surface area contributed by atoms with Crippen LogP contribution in [0.4, 0.5) is 5.69 Å². The van der Waals surface area contributed by atoms with Crippen molar-refractivity contribution in [3.05, 3.63) is 65.2 Å². The Kier molecular flexibility index (Phi) is 6.39. The number of carbonyl (C=O) groups is 3. The molecular weight excluding hydrogens is 360 g/mol. The first-order valence-corrected chi connectivity index (χ1v) is 9.04. The number of hydrogen-bond acceptors (Lipinski definition) is 5. The van der Waals surface area contributed by atoms with E-state index in [1.165, 1.54) is 0 Å². The molecule has 0 atom stereocenters. The summed E-state index contributed by atoms with van der Waals surface area (Å²) < 4.78 is 10.4. The monoisotopic (exact) mass is 382 g/mol. The van der Waals surface area contributed by atoms with Gasteiger partial charge in [-0.15, -0.1) is 0 Å². The lowest BCUT2D eigenvalue weighted by Crippen LogP contribution is -2.42. The van der Waals surface area contributed by atoms with E-state index in [9.17, 15) is 14.4 Å². The smallest absolute Gasteiger partial charge is 0.340 e. The van der Waals surface area contributed by atoms with E-state index in [2.05, 4.69) is 5.32 Å². The molecular formula is C21H22N2O5. The summed E-state index contributed by atoms with van der Waals surface area (Å²) >= 11 is 0. The van der Waals surface area contributed by atoms with E-state index in [4.69, 9.17) is 9.47 Å². The summed E-state index contributed by atoms with van der Waals surface area (Å²) in [5.74, 6) is -1.26. The summed E-state index contributed by atoms with van der Waals surface area (Å²) in [7, 11) is 0. The van der Waals surface area contributed by atoms with Crippen molar-refractivity contribution in [3.8, 4) is 0 Å². The van der Waals surface area contributed by atoms with Crippen molar-refractivity contribution in [2.24, 2.45) is 0 Å². The molecule has 1 aliphatic rings. The van der Waals surface area contributed by atoms with Gasteiger partial charge in [0.05, 0.1) is 24.5 Å². The van der Waals surface area contributed by atoms with E-state index < -0.39 is 5.97 Å². The second-order valence-electron chi connectivity index (χ2n) is 6.44. The summed E-state index contributed by atoms with van der Waals surface area (Å²) in [5, 5.41) is 2.73. The molecule has 0 spiro atoms. The zero-order valence-electron chi connectivity index (χ0n) is 15.6. The van der Waals surface area contributed by atoms with E-state index in [-0.39, 0.29) is 24.0 Å². The fourth-order valence-corrected chi connectivity index (χ4v) is 2.86. The van der Waals surface area contributed by atoms with Crippen LogP contribution in [0.5, 0.6) is 0 Å². The molecule has 1 fully saturated rings. The molecule has 0 aromatic heterocycles. The number of rotatable bonds is 5. The lowest BCUT2D eigenvalue weighted by Gasteiger charge is -2.26. The van der Waals surface area contributed by atoms with Crippen LogP contribution < -0.4 is 5.32 Å². The number of esters is 1. The Morgan fingerprint density at radius 3 is 2.57 bits per heavy atom. The zero-order chi connectivity index (χ0) is 19.9. The van der Waals surface area contributed by atoms with Gasteiger partial charge in [0.15, 0.2) is 6.61 Å². The molecule has 2 amide bonds. The van der Waals surface area contributed by atoms with Gasteiger partial charge in [-0.2, -0.15) is 0 Å². The van der Waals surface area contributed by atoms with Crippen molar-refractivity contribution in [2.45, 2.75) is 6.92 Å². The van der Waals surface area contributed by atoms with Crippen molar-refractivity contribution in [1.29, 1.82) is 0 Å². The van der Waals surface area contributed by atoms with E-state index in [0.29, 0.717) is 37.6 Å². The van der Waals surface area contributed by atoms with Gasteiger partial charge in [-0.25, -0.2) is 4.79 Å². The molecule has 2 aromatic carbocycles. The lowest BCUT2D eigenvalue weighted by atomic mass is 10.1. The molecule has 3 rings (SSSR count). The topological polar surface area (TPSA) is 84.9 Å². The largest absolute Gasteiger partial charge is 0.452 e. The Balaban J connectivity index is 1.64. The van der Waals surface area contributed by atoms with Gasteiger partial charge in [-0.05, 0) is 31.2 Å². The Morgan fingerprint density at radius 2 is 1.82 bits per heavy atom. The van der Waals surface area contributed by atoms with E-state index in [1.54, 1.807) is 47.4 Å². The van der Waals surface area contributed by atoms with Crippen molar-refractivity contribution >= 4 is 23.5 Å². The molecule has 1 N–H and O–H groups in total. The van der Waals surface area contributed by atoms with Gasteiger partial charge in [0.2, 0.25) is 0 Å². The number of benzene rings is 2. The number of amides is 2. The van der Waals surface area contributed by atoms with Crippen molar-refractivity contribution in [1.82, 2.24) is 4.90 Å². The first-order valence-electron chi connectivity index (χ1n) is 9.04. The van der Waals surface area contributed by atoms with Crippen molar-refractivity contribution < 1.29 is 23.9 Å². The van der Waals surface area contributed by atoms with Crippen LogP contribution >= 0.6 is 0 Å². The molecule has 28 heavy (non-hydrogen) atoms. The number of hydrogen-bond donors (Lipinski definition) is 1. The third-order valence-corrected chi connectivity index (χ3v) is 4.37. The van der Waals surface area contributed by atoms with Crippen LogP contribution in [0.3, 0.4) is 0 Å². The standard InChI is InChI=1S/C21H22N2O5/c1-15-5-4-6-16(13-15)20(25)22-18-8-3-2-7-17(18)21(26)28-14-19(24)23-9-11-27-12-10-23/h2-8,13H,9-12,14H2,1H3,(H,22,25). The minimum atomic E-state index is -0.665. The number of morpholine rings is 1. The molecule has 0 aliphatic carbocycles. The van der Waals surface area contributed by atoms with Gasteiger partial charge in [0.1, 0.15) is 0 Å². The third kappa shape index (κ3) is 4.95. The van der Waals surface area contributed by atoms with Crippen LogP contribution in [0.1, 0.15) is 26.3 Å². The lowest BCUT2D eigenvalue weighted by molar-refractivity contribution is -0.138. The minimum absolute atomic E-state index is 0.193. The van der Waals surface area contributed by atoms with Gasteiger partial charge < -0.3 is 19.7 Å². The highest BCUT2D eigenvalue weighted by atomic mass is 16.5. The van der Waals surface area contributed by atoms with Crippen LogP contribution in [0.2, 0.25) is 0 Å². The summed E-state index contributed by atoms with van der Waals surface area (Å²) in [5.41, 5.74) is 1.98. The number of nitrogens with zero attached hydrogens (tertiary/aromatic N) is 1.